The van der Waals surface area contributed by atoms with Crippen LogP contribution in [0, 0.1) is 0 Å². The van der Waals surface area contributed by atoms with Gasteiger partial charge in [0.2, 0.25) is 0 Å². The van der Waals surface area contributed by atoms with Crippen molar-refractivity contribution in [2.45, 2.75) is 18.8 Å². The Bertz CT molecular complexity index is 370. The number of halogens is 1. The van der Waals surface area contributed by atoms with E-state index in [1.165, 1.54) is 12.8 Å². The third-order valence-corrected chi connectivity index (χ3v) is 3.12. The normalized spacial score (nSPS) is 15.3. The molecule has 14 heavy (non-hydrogen) atoms. The van der Waals surface area contributed by atoms with E-state index in [9.17, 15) is 4.79 Å². The van der Waals surface area contributed by atoms with E-state index >= 15 is 0 Å². The lowest BCUT2D eigenvalue weighted by atomic mass is 10.0. The van der Waals surface area contributed by atoms with Gasteiger partial charge in [-0.05, 0) is 52.4 Å². The predicted octanol–water partition coefficient (Wildman–Crippen LogP) is 3.15. The summed E-state index contributed by atoms with van der Waals surface area (Å²) >= 11 is 3.37. The lowest BCUT2D eigenvalue weighted by Gasteiger charge is -2.08. The number of hydrogen-bond acceptors (Lipinski definition) is 2. The molecule has 0 aliphatic heterocycles. The van der Waals surface area contributed by atoms with E-state index in [-0.39, 0.29) is 0 Å². The molecule has 1 aliphatic carbocycles. The minimum absolute atomic E-state index is 0.567. The molecule has 1 fully saturated rings. The average Bonchev–Trinajstić information content (AvgIpc) is 3.01. The summed E-state index contributed by atoms with van der Waals surface area (Å²) in [6, 6.07) is 3.80. The zero-order valence-electron chi connectivity index (χ0n) is 7.92. The number of methoxy groups -OCH3 is 1. The summed E-state index contributed by atoms with van der Waals surface area (Å²) in [5, 5.41) is 0. The van der Waals surface area contributed by atoms with Crippen molar-refractivity contribution >= 4 is 22.2 Å². The number of hydrogen-bond donors (Lipinski definition) is 0. The molecule has 0 heterocycles. The molecule has 1 aromatic carbocycles. The number of aldehydes is 1. The average molecular weight is 255 g/mol. The Balaban J connectivity index is 2.49. The van der Waals surface area contributed by atoms with E-state index in [0.29, 0.717) is 5.92 Å². The highest BCUT2D eigenvalue weighted by Crippen LogP contribution is 2.44. The second kappa shape index (κ2) is 3.73. The fourth-order valence-electron chi connectivity index (χ4n) is 1.59. The zero-order valence-corrected chi connectivity index (χ0v) is 9.50. The first-order valence-electron chi connectivity index (χ1n) is 4.59. The lowest BCUT2D eigenvalue weighted by Crippen LogP contribution is -1.93. The molecule has 2 nitrogen and oxygen atoms in total. The predicted molar refractivity (Wildman–Crippen MR) is 58.1 cm³/mol. The summed E-state index contributed by atoms with van der Waals surface area (Å²) in [5.41, 5.74) is 1.90. The first-order valence-corrected chi connectivity index (χ1v) is 5.38. The van der Waals surface area contributed by atoms with Crippen molar-refractivity contribution in [2.75, 3.05) is 7.11 Å². The molecule has 1 saturated carbocycles. The van der Waals surface area contributed by atoms with Crippen molar-refractivity contribution in [2.24, 2.45) is 0 Å². The summed E-state index contributed by atoms with van der Waals surface area (Å²) in [4.78, 5) is 10.8. The second-order valence-electron chi connectivity index (χ2n) is 3.51. The van der Waals surface area contributed by atoms with Crippen molar-refractivity contribution in [3.63, 3.8) is 0 Å². The number of carbonyl (C=O) groups excluding carboxylic acids is 1. The summed E-state index contributed by atoms with van der Waals surface area (Å²) in [7, 11) is 1.64. The topological polar surface area (TPSA) is 26.3 Å². The molecule has 0 radical (unpaired) electrons. The quantitative estimate of drug-likeness (QED) is 0.775. The zero-order chi connectivity index (χ0) is 10.1. The van der Waals surface area contributed by atoms with Gasteiger partial charge in [-0.2, -0.15) is 0 Å². The van der Waals surface area contributed by atoms with Gasteiger partial charge in [0.1, 0.15) is 12.0 Å². The molecular formula is C11H11BrO2. The van der Waals surface area contributed by atoms with Gasteiger partial charge in [0.05, 0.1) is 11.6 Å². The highest BCUT2D eigenvalue weighted by atomic mass is 79.9. The van der Waals surface area contributed by atoms with Crippen LogP contribution in [-0.4, -0.2) is 13.4 Å². The third-order valence-electron chi connectivity index (χ3n) is 2.50. The first-order chi connectivity index (χ1) is 6.76. The van der Waals surface area contributed by atoms with Crippen LogP contribution in [0.3, 0.4) is 0 Å². The van der Waals surface area contributed by atoms with Gasteiger partial charge < -0.3 is 4.74 Å². The van der Waals surface area contributed by atoms with E-state index in [2.05, 4.69) is 15.9 Å². The maximum atomic E-state index is 10.8. The number of benzene rings is 1. The van der Waals surface area contributed by atoms with Gasteiger partial charge >= 0.3 is 0 Å². The van der Waals surface area contributed by atoms with Crippen LogP contribution in [0.15, 0.2) is 16.6 Å². The van der Waals surface area contributed by atoms with Crippen LogP contribution in [0.25, 0.3) is 0 Å². The molecule has 2 rings (SSSR count). The minimum Gasteiger partial charge on any atom is -0.496 e. The van der Waals surface area contributed by atoms with Crippen LogP contribution >= 0.6 is 15.9 Å². The van der Waals surface area contributed by atoms with Crippen molar-refractivity contribution < 1.29 is 9.53 Å². The van der Waals surface area contributed by atoms with E-state index in [0.717, 1.165) is 27.6 Å². The van der Waals surface area contributed by atoms with Crippen LogP contribution in [0.5, 0.6) is 5.75 Å². The Labute approximate surface area is 91.4 Å². The Morgan fingerprint density at radius 2 is 2.21 bits per heavy atom. The van der Waals surface area contributed by atoms with Crippen LogP contribution in [-0.2, 0) is 0 Å². The molecule has 0 saturated heterocycles. The molecule has 0 amide bonds. The van der Waals surface area contributed by atoms with Crippen molar-refractivity contribution in [1.82, 2.24) is 0 Å². The van der Waals surface area contributed by atoms with Gasteiger partial charge in [0.25, 0.3) is 0 Å². The highest BCUT2D eigenvalue weighted by molar-refractivity contribution is 9.10. The largest absolute Gasteiger partial charge is 0.496 e. The minimum atomic E-state index is 0.567. The molecular weight excluding hydrogens is 244 g/mol. The highest BCUT2D eigenvalue weighted by Gasteiger charge is 2.27. The second-order valence-corrected chi connectivity index (χ2v) is 4.36. The Hall–Kier alpha value is -0.830. The maximum absolute atomic E-state index is 10.8. The molecule has 0 atom stereocenters. The first kappa shape index (κ1) is 9.71. The van der Waals surface area contributed by atoms with Crippen molar-refractivity contribution in [3.8, 4) is 5.75 Å². The van der Waals surface area contributed by atoms with Crippen LogP contribution < -0.4 is 4.74 Å². The maximum Gasteiger partial charge on any atom is 0.150 e. The van der Waals surface area contributed by atoms with Gasteiger partial charge in [-0.3, -0.25) is 4.79 Å². The Morgan fingerprint density at radius 1 is 1.50 bits per heavy atom. The molecule has 1 aliphatic rings. The fourth-order valence-corrected chi connectivity index (χ4v) is 2.11. The van der Waals surface area contributed by atoms with E-state index in [1.54, 1.807) is 7.11 Å². The van der Waals surface area contributed by atoms with E-state index in [4.69, 9.17) is 4.74 Å². The summed E-state index contributed by atoms with van der Waals surface area (Å²) in [6.45, 7) is 0. The standard InChI is InChI=1S/C11H11BrO2/c1-14-11-5-9(7-2-3-7)8(6-13)4-10(11)12/h4-7H,2-3H2,1H3. The monoisotopic (exact) mass is 254 g/mol. The molecule has 0 N–H and O–H groups in total. The van der Waals surface area contributed by atoms with Crippen LogP contribution in [0.2, 0.25) is 0 Å². The van der Waals surface area contributed by atoms with Gasteiger partial charge in [-0.25, -0.2) is 0 Å². The molecule has 1 aromatic rings. The Kier molecular flexibility index (Phi) is 2.59. The third kappa shape index (κ3) is 1.69. The SMILES string of the molecule is COc1cc(C2CC2)c(C=O)cc1Br. The lowest BCUT2D eigenvalue weighted by molar-refractivity contribution is 0.112. The molecule has 0 bridgehead atoms. The molecule has 0 spiro atoms. The Morgan fingerprint density at radius 3 is 2.71 bits per heavy atom. The van der Waals surface area contributed by atoms with Gasteiger partial charge in [-0.1, -0.05) is 0 Å². The molecule has 0 aromatic heterocycles. The van der Waals surface area contributed by atoms with Crippen molar-refractivity contribution in [3.05, 3.63) is 27.7 Å². The smallest absolute Gasteiger partial charge is 0.150 e. The van der Waals surface area contributed by atoms with Crippen LogP contribution in [0.4, 0.5) is 0 Å². The summed E-state index contributed by atoms with van der Waals surface area (Å²) in [5.74, 6) is 1.37. The van der Waals surface area contributed by atoms with E-state index in [1.807, 2.05) is 12.1 Å². The van der Waals surface area contributed by atoms with Gasteiger partial charge in [-0.15, -0.1) is 0 Å². The molecule has 74 valence electrons. The number of rotatable bonds is 3. The molecule has 3 heteroatoms. The van der Waals surface area contributed by atoms with Gasteiger partial charge in [0, 0.05) is 5.56 Å². The van der Waals surface area contributed by atoms with Crippen molar-refractivity contribution in [1.29, 1.82) is 0 Å². The number of ether oxygens (including phenoxy) is 1. The van der Waals surface area contributed by atoms with Crippen LogP contribution in [0.1, 0.15) is 34.7 Å². The fraction of sp³-hybridized carbons (Fsp3) is 0.364. The number of carbonyl (C=O) groups is 1. The van der Waals surface area contributed by atoms with E-state index < -0.39 is 0 Å². The molecule has 0 unspecified atom stereocenters. The summed E-state index contributed by atoms with van der Waals surface area (Å²) < 4.78 is 6.04. The van der Waals surface area contributed by atoms with Gasteiger partial charge in [0.15, 0.2) is 0 Å². The summed E-state index contributed by atoms with van der Waals surface area (Å²) in [6.07, 6.45) is 3.29.